The van der Waals surface area contributed by atoms with Gasteiger partial charge in [0, 0.05) is 36.6 Å². The van der Waals surface area contributed by atoms with Crippen molar-refractivity contribution in [1.29, 1.82) is 0 Å². The van der Waals surface area contributed by atoms with Gasteiger partial charge in [-0.25, -0.2) is 18.4 Å². The van der Waals surface area contributed by atoms with Crippen molar-refractivity contribution in [2.75, 3.05) is 29.6 Å². The summed E-state index contributed by atoms with van der Waals surface area (Å²) in [5.74, 6) is 0.608. The Hall–Kier alpha value is -3.54. The Morgan fingerprint density at radius 3 is 2.44 bits per heavy atom. The molecule has 1 aliphatic rings. The Labute approximate surface area is 185 Å². The van der Waals surface area contributed by atoms with Gasteiger partial charge in [0.15, 0.2) is 9.84 Å². The highest BCUT2D eigenvalue weighted by Crippen LogP contribution is 2.37. The van der Waals surface area contributed by atoms with Gasteiger partial charge in [-0.2, -0.15) is 5.10 Å². The topological polar surface area (TPSA) is 147 Å². The van der Waals surface area contributed by atoms with Crippen LogP contribution in [0.2, 0.25) is 0 Å². The first-order valence-electron chi connectivity index (χ1n) is 10.1. The van der Waals surface area contributed by atoms with Crippen LogP contribution in [0.1, 0.15) is 30.1 Å². The predicted molar refractivity (Wildman–Crippen MR) is 119 cm³/mol. The monoisotopic (exact) mass is 457 g/mol. The molecule has 0 spiro atoms. The molecule has 4 rings (SSSR count). The average Bonchev–Trinajstić information content (AvgIpc) is 3.19. The Morgan fingerprint density at radius 1 is 1.19 bits per heavy atom. The number of nitro groups is 1. The fourth-order valence-corrected chi connectivity index (χ4v) is 4.45. The second kappa shape index (κ2) is 8.54. The maximum Gasteiger partial charge on any atom is 0.353 e. The average molecular weight is 458 g/mol. The molecule has 0 radical (unpaired) electrons. The molecule has 2 N–H and O–H groups in total. The zero-order valence-corrected chi connectivity index (χ0v) is 18.5. The van der Waals surface area contributed by atoms with E-state index in [-0.39, 0.29) is 22.2 Å². The molecule has 1 saturated heterocycles. The number of anilines is 3. The molecule has 3 aromatic rings. The molecule has 32 heavy (non-hydrogen) atoms. The number of piperidine rings is 1. The first-order valence-corrected chi connectivity index (χ1v) is 11.9. The Kier molecular flexibility index (Phi) is 5.78. The van der Waals surface area contributed by atoms with Gasteiger partial charge in [-0.1, -0.05) is 0 Å². The van der Waals surface area contributed by atoms with Gasteiger partial charge in [0.05, 0.1) is 15.5 Å². The van der Waals surface area contributed by atoms with Gasteiger partial charge in [0.25, 0.3) is 0 Å². The second-order valence-electron chi connectivity index (χ2n) is 7.81. The van der Waals surface area contributed by atoms with E-state index in [1.807, 2.05) is 17.9 Å². The molecule has 0 saturated carbocycles. The van der Waals surface area contributed by atoms with E-state index in [0.717, 1.165) is 30.5 Å². The summed E-state index contributed by atoms with van der Waals surface area (Å²) in [5.41, 5.74) is 2.29. The molecule has 11 nitrogen and oxygen atoms in total. The molecule has 168 valence electrons. The van der Waals surface area contributed by atoms with Crippen LogP contribution in [0.4, 0.5) is 23.0 Å². The number of H-pyrrole nitrogens is 1. The number of aromatic amines is 1. The lowest BCUT2D eigenvalue weighted by atomic mass is 9.93. The number of benzene rings is 1. The standard InChI is InChI=1S/C20H23N7O4S/c1-13-11-17(25-24-13)14-7-9-26(10-8-14)20-18(27(28)29)19(21-12-22-20)23-15-3-5-16(6-4-15)32(2,30)31/h3-6,11-12,14H,7-10H2,1-2H3,(H,24,25)(H,21,22,23). The summed E-state index contributed by atoms with van der Waals surface area (Å²) in [4.78, 5) is 21.8. The quantitative estimate of drug-likeness (QED) is 0.421. The maximum atomic E-state index is 11.9. The van der Waals surface area contributed by atoms with Crippen LogP contribution in [0.25, 0.3) is 0 Å². The van der Waals surface area contributed by atoms with Crippen LogP contribution < -0.4 is 10.2 Å². The normalized spacial score (nSPS) is 15.0. The summed E-state index contributed by atoms with van der Waals surface area (Å²) >= 11 is 0. The van der Waals surface area contributed by atoms with E-state index in [9.17, 15) is 18.5 Å². The van der Waals surface area contributed by atoms with E-state index < -0.39 is 14.8 Å². The molecule has 0 atom stereocenters. The number of rotatable bonds is 6. The van der Waals surface area contributed by atoms with Crippen LogP contribution in [0.5, 0.6) is 0 Å². The smallest absolute Gasteiger partial charge is 0.351 e. The van der Waals surface area contributed by atoms with Gasteiger partial charge in [0.1, 0.15) is 6.33 Å². The molecule has 0 bridgehead atoms. The fourth-order valence-electron chi connectivity index (χ4n) is 3.82. The zero-order valence-electron chi connectivity index (χ0n) is 17.6. The molecular formula is C20H23N7O4S. The van der Waals surface area contributed by atoms with Gasteiger partial charge >= 0.3 is 5.69 Å². The summed E-state index contributed by atoms with van der Waals surface area (Å²) in [6, 6.07) is 7.99. The number of sulfone groups is 1. The van der Waals surface area contributed by atoms with Crippen LogP contribution in [-0.2, 0) is 9.84 Å². The summed E-state index contributed by atoms with van der Waals surface area (Å²) in [6.45, 7) is 3.17. The van der Waals surface area contributed by atoms with Crippen molar-refractivity contribution in [1.82, 2.24) is 20.2 Å². The van der Waals surface area contributed by atoms with Crippen molar-refractivity contribution in [2.24, 2.45) is 0 Å². The van der Waals surface area contributed by atoms with Crippen LogP contribution in [0, 0.1) is 17.0 Å². The van der Waals surface area contributed by atoms with E-state index in [2.05, 4.69) is 25.5 Å². The summed E-state index contributed by atoms with van der Waals surface area (Å²) in [7, 11) is -3.33. The maximum absolute atomic E-state index is 11.9. The SMILES string of the molecule is Cc1cc(C2CCN(c3ncnc(Nc4ccc(S(C)(=O)=O)cc4)c3[N+](=O)[O-])CC2)n[nH]1. The van der Waals surface area contributed by atoms with Crippen molar-refractivity contribution in [3.05, 3.63) is 58.2 Å². The molecule has 1 aliphatic heterocycles. The second-order valence-corrected chi connectivity index (χ2v) is 9.83. The van der Waals surface area contributed by atoms with E-state index in [1.165, 1.54) is 18.5 Å². The molecule has 0 amide bonds. The predicted octanol–water partition coefficient (Wildman–Crippen LogP) is 2.95. The highest BCUT2D eigenvalue weighted by Gasteiger charge is 2.31. The van der Waals surface area contributed by atoms with Crippen molar-refractivity contribution in [3.8, 4) is 0 Å². The minimum absolute atomic E-state index is 0.0529. The third-order valence-electron chi connectivity index (χ3n) is 5.47. The molecule has 2 aromatic heterocycles. The van der Waals surface area contributed by atoms with Gasteiger partial charge in [0.2, 0.25) is 11.6 Å². The highest BCUT2D eigenvalue weighted by molar-refractivity contribution is 7.90. The molecular weight excluding hydrogens is 434 g/mol. The highest BCUT2D eigenvalue weighted by atomic mass is 32.2. The fraction of sp³-hybridized carbons (Fsp3) is 0.350. The van der Waals surface area contributed by atoms with E-state index in [4.69, 9.17) is 0 Å². The lowest BCUT2D eigenvalue weighted by Crippen LogP contribution is -2.34. The van der Waals surface area contributed by atoms with Crippen LogP contribution in [-0.4, -0.2) is 52.9 Å². The van der Waals surface area contributed by atoms with Crippen LogP contribution in [0.3, 0.4) is 0 Å². The minimum atomic E-state index is -3.33. The number of aryl methyl sites for hydroxylation is 1. The largest absolute Gasteiger partial charge is 0.353 e. The lowest BCUT2D eigenvalue weighted by molar-refractivity contribution is -0.383. The molecule has 12 heteroatoms. The number of aromatic nitrogens is 4. The minimum Gasteiger partial charge on any atom is -0.351 e. The number of nitrogens with zero attached hydrogens (tertiary/aromatic N) is 5. The molecule has 1 fully saturated rings. The van der Waals surface area contributed by atoms with E-state index in [1.54, 1.807) is 12.1 Å². The van der Waals surface area contributed by atoms with Gasteiger partial charge in [-0.05, 0) is 50.1 Å². The number of hydrogen-bond donors (Lipinski definition) is 2. The van der Waals surface area contributed by atoms with E-state index in [0.29, 0.717) is 24.7 Å². The molecule has 0 aliphatic carbocycles. The first-order chi connectivity index (χ1) is 15.2. The summed E-state index contributed by atoms with van der Waals surface area (Å²) < 4.78 is 23.3. The third-order valence-corrected chi connectivity index (χ3v) is 6.60. The lowest BCUT2D eigenvalue weighted by Gasteiger charge is -2.31. The summed E-state index contributed by atoms with van der Waals surface area (Å²) in [5, 5.41) is 22.1. The van der Waals surface area contributed by atoms with Crippen molar-refractivity contribution in [3.63, 3.8) is 0 Å². The van der Waals surface area contributed by atoms with Crippen molar-refractivity contribution in [2.45, 2.75) is 30.6 Å². The summed E-state index contributed by atoms with van der Waals surface area (Å²) in [6.07, 6.45) is 4.02. The van der Waals surface area contributed by atoms with Crippen LogP contribution >= 0.6 is 0 Å². The Morgan fingerprint density at radius 2 is 1.88 bits per heavy atom. The van der Waals surface area contributed by atoms with Gasteiger partial charge in [-0.15, -0.1) is 0 Å². The van der Waals surface area contributed by atoms with E-state index >= 15 is 0 Å². The third kappa shape index (κ3) is 4.54. The first kappa shape index (κ1) is 21.7. The Balaban J connectivity index is 1.55. The number of nitrogens with one attached hydrogen (secondary N) is 2. The van der Waals surface area contributed by atoms with Gasteiger partial charge < -0.3 is 10.2 Å². The van der Waals surface area contributed by atoms with Crippen LogP contribution in [0.15, 0.2) is 41.6 Å². The van der Waals surface area contributed by atoms with Gasteiger partial charge in [-0.3, -0.25) is 15.2 Å². The van der Waals surface area contributed by atoms with Crippen molar-refractivity contribution < 1.29 is 13.3 Å². The van der Waals surface area contributed by atoms with Crippen molar-refractivity contribution >= 4 is 32.8 Å². The molecule has 3 heterocycles. The molecule has 1 aromatic carbocycles. The Bertz CT molecular complexity index is 1230. The number of hydrogen-bond acceptors (Lipinski definition) is 9. The zero-order chi connectivity index (χ0) is 22.9. The molecule has 0 unspecified atom stereocenters.